The number of carbonyl (C=O) groups is 2. The average molecular weight is 253 g/mol. The summed E-state index contributed by atoms with van der Waals surface area (Å²) in [7, 11) is 0. The third kappa shape index (κ3) is 2.58. The van der Waals surface area contributed by atoms with Crippen LogP contribution in [0.15, 0.2) is 24.3 Å². The average Bonchev–Trinajstić information content (AvgIpc) is 2.25. The fourth-order valence-electron chi connectivity index (χ4n) is 1.63. The number of hydrogen-bond acceptors (Lipinski definition) is 3. The topological polar surface area (TPSA) is 66.8 Å². The smallest absolute Gasteiger partial charge is 0.310 e. The number of para-hydroxylation sites is 1. The molecule has 5 nitrogen and oxygen atoms in total. The quantitative estimate of drug-likeness (QED) is 0.859. The van der Waals surface area contributed by atoms with Crippen LogP contribution in [-0.2, 0) is 9.59 Å². The molecule has 1 aliphatic rings. The van der Waals surface area contributed by atoms with Crippen LogP contribution in [0.2, 0.25) is 0 Å². The van der Waals surface area contributed by atoms with Crippen molar-refractivity contribution in [3.05, 3.63) is 30.1 Å². The Morgan fingerprint density at radius 1 is 1.39 bits per heavy atom. The van der Waals surface area contributed by atoms with Gasteiger partial charge >= 0.3 is 5.97 Å². The fraction of sp³-hybridized carbons (Fsp3) is 0.333. The Hall–Kier alpha value is -2.11. The molecule has 1 amide bonds. The summed E-state index contributed by atoms with van der Waals surface area (Å²) >= 11 is 0. The summed E-state index contributed by atoms with van der Waals surface area (Å²) in [5.74, 6) is -2.26. The van der Waals surface area contributed by atoms with Crippen molar-refractivity contribution in [3.8, 4) is 5.75 Å². The van der Waals surface area contributed by atoms with E-state index in [2.05, 4.69) is 0 Å². The monoisotopic (exact) mass is 253 g/mol. The summed E-state index contributed by atoms with van der Waals surface area (Å²) in [5, 5.41) is 8.66. The normalized spacial score (nSPS) is 15.1. The van der Waals surface area contributed by atoms with Crippen molar-refractivity contribution in [1.29, 1.82) is 0 Å². The molecular formula is C12H12FNO4. The van der Waals surface area contributed by atoms with Gasteiger partial charge in [0.15, 0.2) is 18.2 Å². The number of carboxylic acid groups (broad SMARTS) is 1. The summed E-state index contributed by atoms with van der Waals surface area (Å²) < 4.78 is 18.2. The van der Waals surface area contributed by atoms with Crippen molar-refractivity contribution in [1.82, 2.24) is 4.90 Å². The van der Waals surface area contributed by atoms with Crippen LogP contribution in [0.4, 0.5) is 4.39 Å². The van der Waals surface area contributed by atoms with Crippen LogP contribution in [0.3, 0.4) is 0 Å². The highest BCUT2D eigenvalue weighted by atomic mass is 19.1. The number of hydrogen-bond donors (Lipinski definition) is 1. The molecule has 1 saturated heterocycles. The van der Waals surface area contributed by atoms with E-state index in [1.165, 1.54) is 23.1 Å². The molecule has 0 unspecified atom stereocenters. The molecule has 1 aromatic rings. The summed E-state index contributed by atoms with van der Waals surface area (Å²) in [6.45, 7) is 0.0941. The number of amides is 1. The van der Waals surface area contributed by atoms with Crippen LogP contribution in [0.5, 0.6) is 5.75 Å². The van der Waals surface area contributed by atoms with Gasteiger partial charge in [0.05, 0.1) is 5.92 Å². The lowest BCUT2D eigenvalue weighted by atomic mass is 10.0. The van der Waals surface area contributed by atoms with Crippen LogP contribution in [0.25, 0.3) is 0 Å². The van der Waals surface area contributed by atoms with Gasteiger partial charge in [-0.05, 0) is 12.1 Å². The lowest BCUT2D eigenvalue weighted by molar-refractivity contribution is -0.153. The van der Waals surface area contributed by atoms with Crippen molar-refractivity contribution in [2.45, 2.75) is 0 Å². The first-order chi connectivity index (χ1) is 8.58. The van der Waals surface area contributed by atoms with Crippen LogP contribution in [-0.4, -0.2) is 41.6 Å². The largest absolute Gasteiger partial charge is 0.481 e. The SMILES string of the molecule is O=C(O)C1CN(C(=O)COc2ccccc2F)C1. The molecule has 1 aromatic carbocycles. The predicted octanol–water partition coefficient (Wildman–Crippen LogP) is 0.747. The Labute approximate surface area is 103 Å². The number of ether oxygens (including phenoxy) is 1. The van der Waals surface area contributed by atoms with Gasteiger partial charge in [-0.3, -0.25) is 9.59 Å². The van der Waals surface area contributed by atoms with E-state index >= 15 is 0 Å². The molecule has 1 fully saturated rings. The third-order valence-corrected chi connectivity index (χ3v) is 2.77. The van der Waals surface area contributed by atoms with Gasteiger partial charge in [-0.2, -0.15) is 0 Å². The van der Waals surface area contributed by atoms with E-state index in [0.29, 0.717) is 0 Å². The van der Waals surface area contributed by atoms with Crippen LogP contribution >= 0.6 is 0 Å². The van der Waals surface area contributed by atoms with Gasteiger partial charge in [0.1, 0.15) is 0 Å². The molecule has 0 bridgehead atoms. The zero-order valence-corrected chi connectivity index (χ0v) is 9.51. The van der Waals surface area contributed by atoms with E-state index in [1.54, 1.807) is 6.07 Å². The molecule has 0 aliphatic carbocycles. The molecule has 0 saturated carbocycles. The number of halogens is 1. The number of carbonyl (C=O) groups excluding carboxylic acids is 1. The summed E-state index contributed by atoms with van der Waals surface area (Å²) in [6.07, 6.45) is 0. The molecule has 6 heteroatoms. The number of rotatable bonds is 4. The van der Waals surface area contributed by atoms with Gasteiger partial charge in [-0.1, -0.05) is 12.1 Å². The first kappa shape index (κ1) is 12.3. The number of nitrogens with zero attached hydrogens (tertiary/aromatic N) is 1. The first-order valence-corrected chi connectivity index (χ1v) is 5.46. The van der Waals surface area contributed by atoms with Gasteiger partial charge < -0.3 is 14.7 Å². The van der Waals surface area contributed by atoms with Crippen molar-refractivity contribution in [3.63, 3.8) is 0 Å². The molecule has 0 radical (unpaired) electrons. The fourth-order valence-corrected chi connectivity index (χ4v) is 1.63. The van der Waals surface area contributed by atoms with Gasteiger partial charge in [-0.15, -0.1) is 0 Å². The Morgan fingerprint density at radius 2 is 2.06 bits per heavy atom. The Morgan fingerprint density at radius 3 is 2.67 bits per heavy atom. The maximum absolute atomic E-state index is 13.2. The van der Waals surface area contributed by atoms with Gasteiger partial charge in [0, 0.05) is 13.1 Å². The highest BCUT2D eigenvalue weighted by molar-refractivity contribution is 5.82. The van der Waals surface area contributed by atoms with E-state index in [9.17, 15) is 14.0 Å². The Bertz CT molecular complexity index is 471. The lowest BCUT2D eigenvalue weighted by Gasteiger charge is -2.36. The van der Waals surface area contributed by atoms with Gasteiger partial charge in [-0.25, -0.2) is 4.39 Å². The van der Waals surface area contributed by atoms with Gasteiger partial charge in [0.25, 0.3) is 5.91 Å². The lowest BCUT2D eigenvalue weighted by Crippen LogP contribution is -2.54. The van der Waals surface area contributed by atoms with Crippen molar-refractivity contribution >= 4 is 11.9 Å². The van der Waals surface area contributed by atoms with Gasteiger partial charge in [0.2, 0.25) is 0 Å². The molecule has 1 aliphatic heterocycles. The summed E-state index contributed by atoms with van der Waals surface area (Å²) in [6, 6.07) is 5.80. The summed E-state index contributed by atoms with van der Waals surface area (Å²) in [4.78, 5) is 23.5. The van der Waals surface area contributed by atoms with E-state index in [-0.39, 0.29) is 31.4 Å². The minimum Gasteiger partial charge on any atom is -0.481 e. The number of benzene rings is 1. The minimum absolute atomic E-state index is 0.0150. The standard InChI is InChI=1S/C12H12FNO4/c13-9-3-1-2-4-10(9)18-7-11(15)14-5-8(6-14)12(16)17/h1-4,8H,5-7H2,(H,16,17). The molecule has 0 atom stereocenters. The highest BCUT2D eigenvalue weighted by Gasteiger charge is 2.35. The van der Waals surface area contributed by atoms with Crippen molar-refractivity contribution < 1.29 is 23.8 Å². The van der Waals surface area contributed by atoms with E-state index < -0.39 is 17.7 Å². The second-order valence-electron chi connectivity index (χ2n) is 4.05. The molecule has 1 heterocycles. The molecule has 18 heavy (non-hydrogen) atoms. The maximum atomic E-state index is 13.2. The van der Waals surface area contributed by atoms with Crippen LogP contribution in [0.1, 0.15) is 0 Å². The first-order valence-electron chi connectivity index (χ1n) is 5.46. The third-order valence-electron chi connectivity index (χ3n) is 2.77. The maximum Gasteiger partial charge on any atom is 0.310 e. The number of aliphatic carboxylic acids is 1. The number of likely N-dealkylation sites (tertiary alicyclic amines) is 1. The Kier molecular flexibility index (Phi) is 3.45. The number of carboxylic acids is 1. The zero-order valence-electron chi connectivity index (χ0n) is 9.51. The minimum atomic E-state index is -0.908. The van der Waals surface area contributed by atoms with Crippen molar-refractivity contribution in [2.75, 3.05) is 19.7 Å². The second kappa shape index (κ2) is 5.03. The molecule has 1 N–H and O–H groups in total. The van der Waals surface area contributed by atoms with E-state index in [1.807, 2.05) is 0 Å². The molecule has 96 valence electrons. The molecule has 2 rings (SSSR count). The summed E-state index contributed by atoms with van der Waals surface area (Å²) in [5.41, 5.74) is 0. The molecule has 0 aromatic heterocycles. The van der Waals surface area contributed by atoms with Crippen molar-refractivity contribution in [2.24, 2.45) is 5.92 Å². The van der Waals surface area contributed by atoms with E-state index in [0.717, 1.165) is 0 Å². The molecule has 0 spiro atoms. The molecular weight excluding hydrogens is 241 g/mol. The zero-order chi connectivity index (χ0) is 13.1. The highest BCUT2D eigenvalue weighted by Crippen LogP contribution is 2.18. The predicted molar refractivity (Wildman–Crippen MR) is 59.6 cm³/mol. The van der Waals surface area contributed by atoms with E-state index in [4.69, 9.17) is 9.84 Å². The Balaban J connectivity index is 1.80. The second-order valence-corrected chi connectivity index (χ2v) is 4.05. The van der Waals surface area contributed by atoms with Crippen LogP contribution < -0.4 is 4.74 Å². The van der Waals surface area contributed by atoms with Crippen LogP contribution in [0, 0.1) is 11.7 Å².